The number of methoxy groups -OCH3 is 1. The van der Waals surface area contributed by atoms with E-state index in [1.165, 1.54) is 18.2 Å². The Hall–Kier alpha value is -1.00. The number of esters is 1. The van der Waals surface area contributed by atoms with Crippen molar-refractivity contribution >= 4 is 17.7 Å². The Morgan fingerprint density at radius 2 is 2.29 bits per heavy atom. The van der Waals surface area contributed by atoms with Gasteiger partial charge in [0.05, 0.1) is 7.11 Å². The zero-order chi connectivity index (χ0) is 12.3. The van der Waals surface area contributed by atoms with E-state index in [0.717, 1.165) is 11.5 Å². The summed E-state index contributed by atoms with van der Waals surface area (Å²) in [5.41, 5.74) is 2.67. The molecule has 0 aromatic heterocycles. The van der Waals surface area contributed by atoms with Crippen molar-refractivity contribution in [2.24, 2.45) is 0 Å². The maximum atomic E-state index is 11.4. The molecule has 1 N–H and O–H groups in total. The highest BCUT2D eigenvalue weighted by Gasteiger charge is 2.24. The molecule has 1 aliphatic rings. The lowest BCUT2D eigenvalue weighted by atomic mass is 10.0. The lowest BCUT2D eigenvalue weighted by Crippen LogP contribution is -2.39. The van der Waals surface area contributed by atoms with Crippen molar-refractivity contribution in [3.8, 4) is 0 Å². The Balaban J connectivity index is 2.11. The summed E-state index contributed by atoms with van der Waals surface area (Å²) in [7, 11) is 1.42. The van der Waals surface area contributed by atoms with Crippen LogP contribution in [-0.4, -0.2) is 24.9 Å². The van der Waals surface area contributed by atoms with Crippen LogP contribution >= 0.6 is 11.8 Å². The minimum atomic E-state index is -0.267. The first-order valence-corrected chi connectivity index (χ1v) is 6.87. The fourth-order valence-corrected chi connectivity index (χ4v) is 3.18. The van der Waals surface area contributed by atoms with Gasteiger partial charge in [0, 0.05) is 17.5 Å². The lowest BCUT2D eigenvalue weighted by Gasteiger charge is -2.28. The monoisotopic (exact) mass is 251 g/mol. The molecule has 4 heteroatoms. The second-order valence-corrected chi connectivity index (χ2v) is 5.21. The van der Waals surface area contributed by atoms with E-state index in [-0.39, 0.29) is 18.1 Å². The number of carbonyl (C=O) groups excluding carboxylic acids is 1. The molecule has 0 bridgehead atoms. The van der Waals surface area contributed by atoms with Gasteiger partial charge in [0.2, 0.25) is 0 Å². The molecule has 92 valence electrons. The van der Waals surface area contributed by atoms with Crippen molar-refractivity contribution in [3.63, 3.8) is 0 Å². The van der Waals surface area contributed by atoms with E-state index in [0.29, 0.717) is 0 Å². The second kappa shape index (κ2) is 5.56. The zero-order valence-electron chi connectivity index (χ0n) is 10.1. The Labute approximate surface area is 106 Å². The van der Waals surface area contributed by atoms with E-state index >= 15 is 0 Å². The predicted octanol–water partition coefficient (Wildman–Crippen LogP) is 2.13. The van der Waals surface area contributed by atoms with Crippen LogP contribution < -0.4 is 5.32 Å². The first-order chi connectivity index (χ1) is 8.22. The Morgan fingerprint density at radius 3 is 3.06 bits per heavy atom. The molecule has 2 atom stereocenters. The van der Waals surface area contributed by atoms with Crippen LogP contribution in [-0.2, 0) is 15.3 Å². The van der Waals surface area contributed by atoms with Gasteiger partial charge < -0.3 is 4.74 Å². The molecule has 1 aromatic rings. The molecular formula is C13H17NO2S. The van der Waals surface area contributed by atoms with Gasteiger partial charge in [0.1, 0.15) is 6.04 Å². The average molecular weight is 251 g/mol. The quantitative estimate of drug-likeness (QED) is 0.835. The van der Waals surface area contributed by atoms with Gasteiger partial charge in [-0.3, -0.25) is 10.1 Å². The van der Waals surface area contributed by atoms with Crippen molar-refractivity contribution in [3.05, 3.63) is 35.4 Å². The summed E-state index contributed by atoms with van der Waals surface area (Å²) in [6, 6.07) is 8.36. The van der Waals surface area contributed by atoms with Gasteiger partial charge in [-0.25, -0.2) is 0 Å². The van der Waals surface area contributed by atoms with E-state index in [4.69, 9.17) is 4.74 Å². The van der Waals surface area contributed by atoms with Crippen molar-refractivity contribution in [1.29, 1.82) is 0 Å². The molecule has 1 heterocycles. The fourth-order valence-electron chi connectivity index (χ4n) is 2.07. The SMILES string of the molecule is COC(=O)C(C)NC1CSCc2ccccc21. The van der Waals surface area contributed by atoms with Crippen molar-refractivity contribution in [2.75, 3.05) is 12.9 Å². The lowest BCUT2D eigenvalue weighted by molar-refractivity contribution is -0.142. The molecule has 0 fully saturated rings. The maximum absolute atomic E-state index is 11.4. The largest absolute Gasteiger partial charge is 0.468 e. The third-order valence-electron chi connectivity index (χ3n) is 2.98. The summed E-state index contributed by atoms with van der Waals surface area (Å²) in [4.78, 5) is 11.4. The number of hydrogen-bond donors (Lipinski definition) is 1. The molecule has 17 heavy (non-hydrogen) atoms. The third-order valence-corrected chi connectivity index (χ3v) is 4.06. The molecule has 0 aliphatic carbocycles. The van der Waals surface area contributed by atoms with E-state index in [1.807, 2.05) is 24.8 Å². The van der Waals surface area contributed by atoms with Crippen LogP contribution in [0, 0.1) is 0 Å². The Morgan fingerprint density at radius 1 is 1.53 bits per heavy atom. The summed E-state index contributed by atoms with van der Waals surface area (Å²) in [5.74, 6) is 1.84. The number of thioether (sulfide) groups is 1. The predicted molar refractivity (Wildman–Crippen MR) is 70.0 cm³/mol. The molecule has 3 nitrogen and oxygen atoms in total. The summed E-state index contributed by atoms with van der Waals surface area (Å²) in [5, 5.41) is 3.33. The van der Waals surface area contributed by atoms with E-state index in [9.17, 15) is 4.79 Å². The molecule has 0 saturated heterocycles. The van der Waals surface area contributed by atoms with Crippen LogP contribution in [0.25, 0.3) is 0 Å². The maximum Gasteiger partial charge on any atom is 0.322 e. The van der Waals surface area contributed by atoms with E-state index in [1.54, 1.807) is 0 Å². The number of ether oxygens (including phenoxy) is 1. The van der Waals surface area contributed by atoms with Crippen molar-refractivity contribution in [2.45, 2.75) is 24.8 Å². The molecule has 0 radical (unpaired) electrons. The highest BCUT2D eigenvalue weighted by atomic mass is 32.2. The van der Waals surface area contributed by atoms with E-state index in [2.05, 4.69) is 23.5 Å². The standard InChI is InChI=1S/C13H17NO2S/c1-9(13(15)16-2)14-12-8-17-7-10-5-3-4-6-11(10)12/h3-6,9,12,14H,7-8H2,1-2H3. The van der Waals surface area contributed by atoms with Gasteiger partial charge in [-0.15, -0.1) is 0 Å². The first-order valence-electron chi connectivity index (χ1n) is 5.72. The van der Waals surface area contributed by atoms with Gasteiger partial charge >= 0.3 is 5.97 Å². The van der Waals surface area contributed by atoms with Gasteiger partial charge in [-0.2, -0.15) is 11.8 Å². The summed E-state index contributed by atoms with van der Waals surface area (Å²) < 4.78 is 4.73. The van der Waals surface area contributed by atoms with Crippen LogP contribution in [0.1, 0.15) is 24.1 Å². The fraction of sp³-hybridized carbons (Fsp3) is 0.462. The summed E-state index contributed by atoms with van der Waals surface area (Å²) in [6.45, 7) is 1.84. The molecular weight excluding hydrogens is 234 g/mol. The molecule has 0 spiro atoms. The average Bonchev–Trinajstić information content (AvgIpc) is 2.38. The van der Waals surface area contributed by atoms with Crippen LogP contribution in [0.4, 0.5) is 0 Å². The van der Waals surface area contributed by atoms with Gasteiger partial charge in [0.15, 0.2) is 0 Å². The molecule has 1 aromatic carbocycles. The van der Waals surface area contributed by atoms with Crippen LogP contribution in [0.5, 0.6) is 0 Å². The minimum Gasteiger partial charge on any atom is -0.468 e. The summed E-state index contributed by atoms with van der Waals surface area (Å²) >= 11 is 1.89. The number of carbonyl (C=O) groups is 1. The van der Waals surface area contributed by atoms with Gasteiger partial charge in [-0.1, -0.05) is 24.3 Å². The minimum absolute atomic E-state index is 0.210. The normalized spacial score (nSPS) is 20.5. The number of nitrogens with one attached hydrogen (secondary N) is 1. The molecule has 0 amide bonds. The summed E-state index contributed by atoms with van der Waals surface area (Å²) in [6.07, 6.45) is 0. The highest BCUT2D eigenvalue weighted by molar-refractivity contribution is 7.98. The topological polar surface area (TPSA) is 38.3 Å². The smallest absolute Gasteiger partial charge is 0.322 e. The second-order valence-electron chi connectivity index (χ2n) is 4.18. The van der Waals surface area contributed by atoms with Crippen LogP contribution in [0.2, 0.25) is 0 Å². The molecule has 2 rings (SSSR count). The highest BCUT2D eigenvalue weighted by Crippen LogP contribution is 2.31. The number of fused-ring (bicyclic) bond motifs is 1. The Bertz CT molecular complexity index is 408. The van der Waals surface area contributed by atoms with E-state index < -0.39 is 0 Å². The van der Waals surface area contributed by atoms with Crippen molar-refractivity contribution < 1.29 is 9.53 Å². The van der Waals surface area contributed by atoms with Gasteiger partial charge in [-0.05, 0) is 18.1 Å². The third kappa shape index (κ3) is 2.82. The number of rotatable bonds is 3. The number of benzene rings is 1. The molecule has 1 aliphatic heterocycles. The molecule has 0 saturated carbocycles. The van der Waals surface area contributed by atoms with Gasteiger partial charge in [0.25, 0.3) is 0 Å². The number of hydrogen-bond acceptors (Lipinski definition) is 4. The Kier molecular flexibility index (Phi) is 4.07. The zero-order valence-corrected chi connectivity index (χ0v) is 10.9. The first kappa shape index (κ1) is 12.5. The van der Waals surface area contributed by atoms with Crippen LogP contribution in [0.15, 0.2) is 24.3 Å². The van der Waals surface area contributed by atoms with Crippen molar-refractivity contribution in [1.82, 2.24) is 5.32 Å². The van der Waals surface area contributed by atoms with Crippen LogP contribution in [0.3, 0.4) is 0 Å². The molecule has 2 unspecified atom stereocenters.